The minimum Gasteiger partial charge on any atom is -0.421 e. The molecule has 0 radical (unpaired) electrons. The minimum atomic E-state index is -0.229. The first kappa shape index (κ1) is 15.6. The van der Waals surface area contributed by atoms with E-state index in [0.717, 1.165) is 15.6 Å². The van der Waals surface area contributed by atoms with Crippen LogP contribution < -0.4 is 0 Å². The fourth-order valence-corrected chi connectivity index (χ4v) is 2.64. The largest absolute Gasteiger partial charge is 0.421 e. The first-order valence-corrected chi connectivity index (χ1v) is 7.91. The highest BCUT2D eigenvalue weighted by Crippen LogP contribution is 2.17. The van der Waals surface area contributed by atoms with Crippen molar-refractivity contribution in [1.82, 2.24) is 10.2 Å². The van der Waals surface area contributed by atoms with Crippen LogP contribution in [-0.4, -0.2) is 10.2 Å². The molecule has 1 aromatic heterocycles. The topological polar surface area (TPSA) is 38.9 Å². The van der Waals surface area contributed by atoms with E-state index >= 15 is 0 Å². The molecule has 2 aromatic carbocycles. The quantitative estimate of drug-likeness (QED) is 0.643. The summed E-state index contributed by atoms with van der Waals surface area (Å²) in [6, 6.07) is 12.9. The molecule has 0 unspecified atom stereocenters. The third-order valence-corrected chi connectivity index (χ3v) is 3.94. The van der Waals surface area contributed by atoms with Crippen molar-refractivity contribution in [1.29, 1.82) is 0 Å². The van der Waals surface area contributed by atoms with Crippen molar-refractivity contribution in [2.24, 2.45) is 0 Å². The first-order chi connectivity index (χ1) is 11.1. The Hall–Kier alpha value is -2.27. The van der Waals surface area contributed by atoms with Gasteiger partial charge in [-0.05, 0) is 47.9 Å². The van der Waals surface area contributed by atoms with E-state index in [9.17, 15) is 4.39 Å². The molecule has 0 amide bonds. The fraction of sp³-hybridized carbons (Fsp3) is 0.111. The van der Waals surface area contributed by atoms with Crippen LogP contribution in [0.25, 0.3) is 12.2 Å². The lowest BCUT2D eigenvalue weighted by Crippen LogP contribution is -1.87. The van der Waals surface area contributed by atoms with Gasteiger partial charge in [0.2, 0.25) is 11.8 Å². The Balaban J connectivity index is 1.74. The molecule has 3 nitrogen and oxygen atoms in total. The highest BCUT2D eigenvalue weighted by atomic mass is 79.9. The van der Waals surface area contributed by atoms with Crippen molar-refractivity contribution < 1.29 is 8.81 Å². The van der Waals surface area contributed by atoms with Gasteiger partial charge in [-0.3, -0.25) is 0 Å². The van der Waals surface area contributed by atoms with E-state index in [1.54, 1.807) is 25.1 Å². The molecular formula is C18H14BrFN2O. The van der Waals surface area contributed by atoms with Crippen LogP contribution in [0, 0.1) is 12.7 Å². The van der Waals surface area contributed by atoms with Crippen LogP contribution in [0.4, 0.5) is 4.39 Å². The predicted molar refractivity (Wildman–Crippen MR) is 91.3 cm³/mol. The molecule has 0 atom stereocenters. The van der Waals surface area contributed by atoms with Crippen LogP contribution in [0.1, 0.15) is 28.5 Å². The Labute approximate surface area is 142 Å². The Morgan fingerprint density at radius 3 is 2.78 bits per heavy atom. The smallest absolute Gasteiger partial charge is 0.240 e. The fourth-order valence-electron chi connectivity index (χ4n) is 2.19. The van der Waals surface area contributed by atoms with Gasteiger partial charge in [0, 0.05) is 10.5 Å². The zero-order chi connectivity index (χ0) is 16.2. The number of rotatable bonds is 4. The van der Waals surface area contributed by atoms with E-state index < -0.39 is 0 Å². The van der Waals surface area contributed by atoms with Gasteiger partial charge in [0.15, 0.2) is 0 Å². The van der Waals surface area contributed by atoms with Crippen LogP contribution in [0.2, 0.25) is 0 Å². The number of halogens is 2. The highest BCUT2D eigenvalue weighted by molar-refractivity contribution is 9.10. The van der Waals surface area contributed by atoms with Gasteiger partial charge in [0.1, 0.15) is 5.82 Å². The van der Waals surface area contributed by atoms with Crippen molar-refractivity contribution in [3.8, 4) is 0 Å². The van der Waals surface area contributed by atoms with E-state index in [1.165, 1.54) is 6.07 Å². The molecule has 0 aliphatic heterocycles. The van der Waals surface area contributed by atoms with Gasteiger partial charge in [0.05, 0.1) is 6.42 Å². The summed E-state index contributed by atoms with van der Waals surface area (Å²) in [6.45, 7) is 1.74. The van der Waals surface area contributed by atoms with Crippen LogP contribution in [0.15, 0.2) is 51.4 Å². The molecule has 1 heterocycles. The number of hydrogen-bond donors (Lipinski definition) is 0. The zero-order valence-electron chi connectivity index (χ0n) is 12.5. The monoisotopic (exact) mass is 372 g/mol. The molecule has 3 aromatic rings. The minimum absolute atomic E-state index is 0.229. The van der Waals surface area contributed by atoms with Crippen molar-refractivity contribution in [3.05, 3.63) is 81.2 Å². The molecule has 0 fully saturated rings. The lowest BCUT2D eigenvalue weighted by atomic mass is 10.1. The van der Waals surface area contributed by atoms with Crippen molar-refractivity contribution >= 4 is 28.1 Å². The molecule has 0 spiro atoms. The molecule has 0 saturated carbocycles. The van der Waals surface area contributed by atoms with Crippen molar-refractivity contribution in [2.45, 2.75) is 13.3 Å². The Bertz CT molecular complexity index is 858. The SMILES string of the molecule is Cc1c(F)cccc1/C=C/c1nnc(Cc2cccc(Br)c2)o1. The summed E-state index contributed by atoms with van der Waals surface area (Å²) >= 11 is 3.44. The Kier molecular flexibility index (Phi) is 4.67. The number of aromatic nitrogens is 2. The second-order valence-corrected chi connectivity index (χ2v) is 6.04. The molecule has 116 valence electrons. The lowest BCUT2D eigenvalue weighted by molar-refractivity contribution is 0.496. The maximum atomic E-state index is 13.5. The Morgan fingerprint density at radius 2 is 1.96 bits per heavy atom. The van der Waals surface area contributed by atoms with Crippen LogP contribution in [-0.2, 0) is 6.42 Å². The van der Waals surface area contributed by atoms with Gasteiger partial charge in [-0.2, -0.15) is 0 Å². The van der Waals surface area contributed by atoms with Crippen molar-refractivity contribution in [3.63, 3.8) is 0 Å². The zero-order valence-corrected chi connectivity index (χ0v) is 14.0. The van der Waals surface area contributed by atoms with E-state index in [-0.39, 0.29) is 5.82 Å². The van der Waals surface area contributed by atoms with E-state index in [0.29, 0.717) is 23.8 Å². The molecule has 0 saturated heterocycles. The van der Waals surface area contributed by atoms with Gasteiger partial charge < -0.3 is 4.42 Å². The molecule has 0 aliphatic carbocycles. The number of benzene rings is 2. The van der Waals surface area contributed by atoms with Gasteiger partial charge >= 0.3 is 0 Å². The summed E-state index contributed by atoms with van der Waals surface area (Å²) in [6.07, 6.45) is 4.03. The number of nitrogens with zero attached hydrogens (tertiary/aromatic N) is 2. The maximum absolute atomic E-state index is 13.5. The summed E-state index contributed by atoms with van der Waals surface area (Å²) in [7, 11) is 0. The predicted octanol–water partition coefficient (Wildman–Crippen LogP) is 5.04. The van der Waals surface area contributed by atoms with Gasteiger partial charge in [0.25, 0.3) is 0 Å². The van der Waals surface area contributed by atoms with Crippen LogP contribution >= 0.6 is 15.9 Å². The molecule has 0 N–H and O–H groups in total. The van der Waals surface area contributed by atoms with Gasteiger partial charge in [-0.1, -0.05) is 40.2 Å². The van der Waals surface area contributed by atoms with E-state index in [1.807, 2.05) is 30.3 Å². The third kappa shape index (κ3) is 3.93. The molecular weight excluding hydrogens is 359 g/mol. The first-order valence-electron chi connectivity index (χ1n) is 7.12. The summed E-state index contributed by atoms with van der Waals surface area (Å²) in [5.41, 5.74) is 2.47. The number of hydrogen-bond acceptors (Lipinski definition) is 3. The van der Waals surface area contributed by atoms with Gasteiger partial charge in [-0.25, -0.2) is 4.39 Å². The second-order valence-electron chi connectivity index (χ2n) is 5.13. The summed E-state index contributed by atoms with van der Waals surface area (Å²) in [5.74, 6) is 0.713. The molecule has 0 bridgehead atoms. The van der Waals surface area contributed by atoms with Gasteiger partial charge in [-0.15, -0.1) is 10.2 Å². The Morgan fingerprint density at radius 1 is 1.13 bits per heavy atom. The average Bonchev–Trinajstić information content (AvgIpc) is 2.96. The van der Waals surface area contributed by atoms with E-state index in [4.69, 9.17) is 4.42 Å². The van der Waals surface area contributed by atoms with E-state index in [2.05, 4.69) is 26.1 Å². The average molecular weight is 373 g/mol. The molecule has 23 heavy (non-hydrogen) atoms. The molecule has 0 aliphatic rings. The van der Waals surface area contributed by atoms with Crippen LogP contribution in [0.5, 0.6) is 0 Å². The normalized spacial score (nSPS) is 11.3. The van der Waals surface area contributed by atoms with Crippen LogP contribution in [0.3, 0.4) is 0 Å². The highest BCUT2D eigenvalue weighted by Gasteiger charge is 2.06. The standard InChI is InChI=1S/C18H14BrFN2O/c1-12-14(5-3-7-16(12)20)8-9-17-21-22-18(23-17)11-13-4-2-6-15(19)10-13/h2-10H,11H2,1H3/b9-8+. The summed E-state index contributed by atoms with van der Waals surface area (Å²) in [5, 5.41) is 8.03. The third-order valence-electron chi connectivity index (χ3n) is 3.44. The summed E-state index contributed by atoms with van der Waals surface area (Å²) in [4.78, 5) is 0. The molecule has 3 rings (SSSR count). The second kappa shape index (κ2) is 6.87. The molecule has 5 heteroatoms. The lowest BCUT2D eigenvalue weighted by Gasteiger charge is -2.00. The summed E-state index contributed by atoms with van der Waals surface area (Å²) < 4.78 is 20.1. The van der Waals surface area contributed by atoms with Crippen molar-refractivity contribution in [2.75, 3.05) is 0 Å². The maximum Gasteiger partial charge on any atom is 0.240 e.